The Kier molecular flexibility index (Phi) is 9.76. The first-order valence-electron chi connectivity index (χ1n) is 17.6. The number of benzene rings is 3. The predicted molar refractivity (Wildman–Crippen MR) is 206 cm³/mol. The van der Waals surface area contributed by atoms with Gasteiger partial charge in [-0.2, -0.15) is 0 Å². The minimum Gasteiger partial charge on any atom is -0.543 e. The van der Waals surface area contributed by atoms with Gasteiger partial charge in [-0.15, -0.1) is 0 Å². The first kappa shape index (κ1) is 34.6. The maximum atomic E-state index is 6.72. The van der Waals surface area contributed by atoms with E-state index in [2.05, 4.69) is 103 Å². The van der Waals surface area contributed by atoms with Gasteiger partial charge in [-0.1, -0.05) is 69.3 Å². The average Bonchev–Trinajstić information content (AvgIpc) is 3.80. The average molecular weight is 699 g/mol. The van der Waals surface area contributed by atoms with Gasteiger partial charge in [-0.05, 0) is 90.8 Å². The molecule has 0 saturated carbocycles. The van der Waals surface area contributed by atoms with E-state index in [-0.39, 0.29) is 11.3 Å². The Morgan fingerprint density at radius 2 is 1.63 bits per heavy atom. The molecule has 51 heavy (non-hydrogen) atoms. The molecule has 0 aliphatic carbocycles. The van der Waals surface area contributed by atoms with Crippen LogP contribution in [0.25, 0.3) is 39.5 Å². The van der Waals surface area contributed by atoms with E-state index in [1.165, 1.54) is 11.1 Å². The summed E-state index contributed by atoms with van der Waals surface area (Å²) in [5.74, 6) is 2.00. The predicted octanol–water partition coefficient (Wildman–Crippen LogP) is 8.49. The number of ether oxygens (including phenoxy) is 2. The molecular weight excluding hydrogens is 653 g/mol. The summed E-state index contributed by atoms with van der Waals surface area (Å²) in [4.78, 5) is 14.4. The summed E-state index contributed by atoms with van der Waals surface area (Å²) >= 11 is 0. The number of aromatic nitrogens is 4. The van der Waals surface area contributed by atoms with Crippen molar-refractivity contribution in [1.82, 2.24) is 24.8 Å². The van der Waals surface area contributed by atoms with Crippen LogP contribution in [0.4, 0.5) is 5.82 Å². The van der Waals surface area contributed by atoms with Crippen LogP contribution < -0.4 is 15.5 Å². The van der Waals surface area contributed by atoms with E-state index < -0.39 is 8.32 Å². The Morgan fingerprint density at radius 1 is 0.882 bits per heavy atom. The van der Waals surface area contributed by atoms with Gasteiger partial charge in [0, 0.05) is 29.6 Å². The van der Waals surface area contributed by atoms with Crippen LogP contribution in [-0.4, -0.2) is 47.6 Å². The topological polar surface area (TPSA) is 109 Å². The van der Waals surface area contributed by atoms with Crippen LogP contribution in [-0.2, 0) is 22.4 Å². The summed E-state index contributed by atoms with van der Waals surface area (Å²) in [7, 11) is -2.03. The van der Waals surface area contributed by atoms with E-state index in [4.69, 9.17) is 29.6 Å². The van der Waals surface area contributed by atoms with Crippen molar-refractivity contribution in [3.05, 3.63) is 120 Å². The van der Waals surface area contributed by atoms with Gasteiger partial charge in [0.15, 0.2) is 17.8 Å². The largest absolute Gasteiger partial charge is 0.543 e. The number of rotatable bonds is 11. The number of hydrogen-bond donors (Lipinski definition) is 2. The van der Waals surface area contributed by atoms with Crippen LogP contribution in [0.1, 0.15) is 43.8 Å². The van der Waals surface area contributed by atoms with Crippen molar-refractivity contribution in [3.63, 3.8) is 0 Å². The van der Waals surface area contributed by atoms with Gasteiger partial charge in [0.05, 0.1) is 24.5 Å². The lowest BCUT2D eigenvalue weighted by atomic mass is 10.1. The lowest BCUT2D eigenvalue weighted by Crippen LogP contribution is -2.44. The van der Waals surface area contributed by atoms with E-state index in [1.54, 1.807) is 6.20 Å². The molecule has 0 radical (unpaired) electrons. The van der Waals surface area contributed by atoms with Crippen LogP contribution in [0.5, 0.6) is 5.75 Å². The highest BCUT2D eigenvalue weighted by Crippen LogP contribution is 2.41. The lowest BCUT2D eigenvalue weighted by Gasteiger charge is -2.37. The molecule has 3 aromatic carbocycles. The molecule has 1 aliphatic rings. The summed E-state index contributed by atoms with van der Waals surface area (Å²) in [6.07, 6.45) is 2.17. The summed E-state index contributed by atoms with van der Waals surface area (Å²) < 4.78 is 20.6. The highest BCUT2D eigenvalue weighted by molar-refractivity contribution is 6.74. The highest BCUT2D eigenvalue weighted by atomic mass is 28.4. The van der Waals surface area contributed by atoms with Gasteiger partial charge in [-0.25, -0.2) is 15.0 Å². The summed E-state index contributed by atoms with van der Waals surface area (Å²) in [5.41, 5.74) is 14.9. The van der Waals surface area contributed by atoms with Crippen molar-refractivity contribution < 1.29 is 13.9 Å². The second-order valence-corrected chi connectivity index (χ2v) is 19.2. The molecule has 3 N–H and O–H groups in total. The van der Waals surface area contributed by atoms with Crippen LogP contribution in [0.3, 0.4) is 0 Å². The van der Waals surface area contributed by atoms with Crippen LogP contribution in [0.2, 0.25) is 18.1 Å². The molecule has 262 valence electrons. The van der Waals surface area contributed by atoms with Crippen molar-refractivity contribution in [2.24, 2.45) is 0 Å². The monoisotopic (exact) mass is 698 g/mol. The van der Waals surface area contributed by atoms with Crippen molar-refractivity contribution in [2.45, 2.75) is 58.2 Å². The quantitative estimate of drug-likeness (QED) is 0.102. The number of nitrogens with one attached hydrogen (secondary N) is 1. The third kappa shape index (κ3) is 7.45. The van der Waals surface area contributed by atoms with E-state index >= 15 is 0 Å². The minimum atomic E-state index is -2.03. The van der Waals surface area contributed by atoms with Crippen LogP contribution >= 0.6 is 0 Å². The summed E-state index contributed by atoms with van der Waals surface area (Å²) in [6, 6.07) is 33.0. The normalized spacial score (nSPS) is 14.0. The Labute approximate surface area is 301 Å². The molecule has 0 atom stereocenters. The smallest absolute Gasteiger partial charge is 0.250 e. The van der Waals surface area contributed by atoms with Crippen molar-refractivity contribution in [2.75, 3.05) is 25.5 Å². The Morgan fingerprint density at radius 3 is 2.35 bits per heavy atom. The zero-order valence-corrected chi connectivity index (χ0v) is 31.0. The standard InChI is InChI=1S/C41H46N6O3Si/c1-41(2,3)51(4,5)50-36-20-15-28(26-33(36)40-48-24-25-49-40)21-23-43-27-29-13-16-31(17-14-29)47-38(32-12-9-22-44-37(32)42)46-35-19-18-34(45-39(35)47)30-10-7-6-8-11-30/h6-20,22,26,40,43H,21,23-25,27H2,1-5H3,(H2,42,44). The van der Waals surface area contributed by atoms with Crippen LogP contribution in [0, 0.1) is 0 Å². The second kappa shape index (κ2) is 14.4. The molecule has 0 bridgehead atoms. The molecule has 10 heteroatoms. The fraction of sp³-hybridized carbons (Fsp3) is 0.293. The van der Waals surface area contributed by atoms with E-state index in [0.29, 0.717) is 24.9 Å². The zero-order valence-electron chi connectivity index (χ0n) is 30.0. The third-order valence-electron chi connectivity index (χ3n) is 9.89. The zero-order chi connectivity index (χ0) is 35.6. The number of anilines is 1. The van der Waals surface area contributed by atoms with E-state index in [1.807, 2.05) is 42.5 Å². The number of imidazole rings is 1. The molecule has 1 aliphatic heterocycles. The second-order valence-electron chi connectivity index (χ2n) is 14.5. The van der Waals surface area contributed by atoms with Gasteiger partial charge < -0.3 is 25.0 Å². The maximum Gasteiger partial charge on any atom is 0.250 e. The van der Waals surface area contributed by atoms with Crippen molar-refractivity contribution >= 4 is 25.3 Å². The Bertz CT molecular complexity index is 2120. The number of pyridine rings is 2. The third-order valence-corrected chi connectivity index (χ3v) is 14.2. The Hall–Kier alpha value is -4.87. The summed E-state index contributed by atoms with van der Waals surface area (Å²) in [5, 5.41) is 3.71. The molecule has 0 spiro atoms. The van der Waals surface area contributed by atoms with Crippen molar-refractivity contribution in [1.29, 1.82) is 0 Å². The molecule has 6 aromatic rings. The van der Waals surface area contributed by atoms with Gasteiger partial charge in [0.25, 0.3) is 0 Å². The first-order valence-corrected chi connectivity index (χ1v) is 20.5. The SMILES string of the molecule is CC(C)(C)[Si](C)(C)Oc1ccc(CCNCc2ccc(-n3c(-c4cccnc4N)nc4ccc(-c5ccccc5)nc43)cc2)cc1C1OCCO1. The molecule has 1 saturated heterocycles. The number of nitrogen functional groups attached to an aromatic ring is 1. The van der Waals surface area contributed by atoms with Gasteiger partial charge in [0.2, 0.25) is 8.32 Å². The molecule has 9 nitrogen and oxygen atoms in total. The first-order chi connectivity index (χ1) is 24.6. The van der Waals surface area contributed by atoms with Crippen molar-refractivity contribution in [3.8, 4) is 34.1 Å². The number of hydrogen-bond acceptors (Lipinski definition) is 8. The molecule has 7 rings (SSSR count). The molecule has 0 amide bonds. The molecule has 1 fully saturated rings. The fourth-order valence-electron chi connectivity index (χ4n) is 5.98. The molecule has 4 heterocycles. The highest BCUT2D eigenvalue weighted by Gasteiger charge is 2.40. The molecule has 3 aromatic heterocycles. The maximum absolute atomic E-state index is 6.72. The van der Waals surface area contributed by atoms with Gasteiger partial charge in [0.1, 0.15) is 17.1 Å². The number of nitrogens with two attached hydrogens (primary N) is 1. The minimum absolute atomic E-state index is 0.0907. The fourth-order valence-corrected chi connectivity index (χ4v) is 7.03. The lowest BCUT2D eigenvalue weighted by molar-refractivity contribution is -0.0451. The van der Waals surface area contributed by atoms with Gasteiger partial charge >= 0.3 is 0 Å². The van der Waals surface area contributed by atoms with E-state index in [9.17, 15) is 0 Å². The molecular formula is C41H46N6O3Si. The Balaban J connectivity index is 1.08. The summed E-state index contributed by atoms with van der Waals surface area (Å²) in [6.45, 7) is 14.0. The van der Waals surface area contributed by atoms with Crippen LogP contribution in [0.15, 0.2) is 103 Å². The number of fused-ring (bicyclic) bond motifs is 1. The van der Waals surface area contributed by atoms with Gasteiger partial charge in [-0.3, -0.25) is 4.57 Å². The molecule has 0 unspecified atom stereocenters. The van der Waals surface area contributed by atoms with E-state index in [0.717, 1.165) is 64.5 Å². The number of nitrogens with zero attached hydrogens (tertiary/aromatic N) is 4.